The van der Waals surface area contributed by atoms with E-state index in [1.54, 1.807) is 0 Å². The highest BCUT2D eigenvalue weighted by molar-refractivity contribution is 6.12. The van der Waals surface area contributed by atoms with Crippen molar-refractivity contribution in [1.82, 2.24) is 0 Å². The summed E-state index contributed by atoms with van der Waals surface area (Å²) in [6.07, 6.45) is 3.23. The number of aryl methyl sites for hydroxylation is 2. The summed E-state index contributed by atoms with van der Waals surface area (Å²) < 4.78 is 13.7. The van der Waals surface area contributed by atoms with Gasteiger partial charge in [0.2, 0.25) is 0 Å². The zero-order valence-electron chi connectivity index (χ0n) is 43.2. The van der Waals surface area contributed by atoms with Gasteiger partial charge >= 0.3 is 0 Å². The van der Waals surface area contributed by atoms with E-state index < -0.39 is 0 Å². The number of furan rings is 2. The molecule has 11 aromatic carbocycles. The largest absolute Gasteiger partial charge is 0.454 e. The highest BCUT2D eigenvalue weighted by atomic mass is 16.3. The molecule has 0 unspecified atom stereocenters. The van der Waals surface area contributed by atoms with Crippen LogP contribution in [0.1, 0.15) is 55.6 Å². The zero-order valence-corrected chi connectivity index (χ0v) is 43.2. The van der Waals surface area contributed by atoms with E-state index in [4.69, 9.17) is 8.83 Å². The summed E-state index contributed by atoms with van der Waals surface area (Å²) in [5.41, 5.74) is 30.7. The lowest BCUT2D eigenvalue weighted by atomic mass is 9.81. The van der Waals surface area contributed by atoms with Gasteiger partial charge in [-0.1, -0.05) is 146 Å². The smallest absolute Gasteiger partial charge is 0.159 e. The minimum atomic E-state index is 0.803. The first-order valence-corrected chi connectivity index (χ1v) is 27.3. The standard InChI is InChI=1S/C72H50N4O2/c1-43-17-3-9-25-57(43)73(63-29-15-23-53-51-21-7-13-31-67(51)77-71(53)63)61-35-33-47-37-49-42-66-50(41-65(49)75-59-27-11-5-19-45(59)39-55(61)69(47)75)38-48-34-36-62(56-40-46-20-6-12-28-60(46)76(66)70(48)56)74(58-26-10-4-18-44(58)2)64-30-16-24-54-52-22-8-14-32-68(52)78-72(54)64/h3-36,41-42H,37-40H2,1-2H3. The van der Waals surface area contributed by atoms with Crippen LogP contribution in [0.15, 0.2) is 227 Å². The van der Waals surface area contributed by atoms with Crippen LogP contribution in [-0.4, -0.2) is 0 Å². The fourth-order valence-corrected chi connectivity index (χ4v) is 13.8. The summed E-state index contributed by atoms with van der Waals surface area (Å²) in [7, 11) is 0. The monoisotopic (exact) mass is 1000 g/mol. The highest BCUT2D eigenvalue weighted by Crippen LogP contribution is 2.60. The third-order valence-electron chi connectivity index (χ3n) is 17.3. The van der Waals surface area contributed by atoms with E-state index in [1.807, 2.05) is 0 Å². The first-order chi connectivity index (χ1) is 38.5. The number of hydrogen-bond donors (Lipinski definition) is 0. The van der Waals surface area contributed by atoms with E-state index in [0.717, 1.165) is 104 Å². The molecular formula is C72H50N4O2. The van der Waals surface area contributed by atoms with Gasteiger partial charge in [0, 0.05) is 81.1 Å². The summed E-state index contributed by atoms with van der Waals surface area (Å²) in [6.45, 7) is 4.44. The van der Waals surface area contributed by atoms with Gasteiger partial charge < -0.3 is 28.4 Å². The molecular weight excluding hydrogens is 953 g/mol. The SMILES string of the molecule is Cc1ccccc1N(c1ccc2c3c1Cc1ccccc1N3c1cc3c(cc1C2)N1c2ccccc2Cc2c(N(c4ccccc4C)c4cccc5c4oc4ccccc45)ccc(c21)C3)c1cccc2c1oc1ccccc12. The van der Waals surface area contributed by atoms with E-state index in [1.165, 1.54) is 89.8 Å². The number of para-hydroxylation sites is 8. The van der Waals surface area contributed by atoms with Gasteiger partial charge in [-0.3, -0.25) is 0 Å². The number of benzene rings is 11. The van der Waals surface area contributed by atoms with Gasteiger partial charge in [-0.15, -0.1) is 0 Å². The van der Waals surface area contributed by atoms with E-state index in [0.29, 0.717) is 0 Å². The number of anilines is 12. The van der Waals surface area contributed by atoms with Crippen molar-refractivity contribution < 1.29 is 8.83 Å². The minimum Gasteiger partial charge on any atom is -0.454 e. The molecule has 17 rings (SSSR count). The van der Waals surface area contributed by atoms with E-state index in [2.05, 4.69) is 252 Å². The minimum absolute atomic E-state index is 0.803. The molecule has 0 spiro atoms. The predicted molar refractivity (Wildman–Crippen MR) is 320 cm³/mol. The molecule has 0 saturated carbocycles. The van der Waals surface area contributed by atoms with Gasteiger partial charge in [0.05, 0.1) is 45.5 Å². The lowest BCUT2D eigenvalue weighted by Gasteiger charge is -2.44. The van der Waals surface area contributed by atoms with Crippen molar-refractivity contribution in [1.29, 1.82) is 0 Å². The second kappa shape index (κ2) is 16.4. The number of nitrogens with zero attached hydrogens (tertiary/aromatic N) is 4. The van der Waals surface area contributed by atoms with Crippen molar-refractivity contribution in [2.75, 3.05) is 19.6 Å². The molecule has 0 fully saturated rings. The van der Waals surface area contributed by atoms with Crippen molar-refractivity contribution >= 4 is 112 Å². The fourth-order valence-electron chi connectivity index (χ4n) is 13.8. The molecule has 6 heteroatoms. The highest BCUT2D eigenvalue weighted by Gasteiger charge is 2.40. The Morgan fingerprint density at radius 3 is 1.18 bits per heavy atom. The Bertz CT molecular complexity index is 4420. The maximum atomic E-state index is 6.83. The quantitative estimate of drug-likeness (QED) is 0.165. The number of fused-ring (bicyclic) bond motifs is 14. The van der Waals surface area contributed by atoms with Crippen molar-refractivity contribution in [3.8, 4) is 0 Å². The van der Waals surface area contributed by atoms with Crippen LogP contribution in [-0.2, 0) is 25.7 Å². The molecule has 0 aliphatic carbocycles. The molecule has 6 nitrogen and oxygen atoms in total. The van der Waals surface area contributed by atoms with Gasteiger partial charge in [-0.2, -0.15) is 0 Å². The van der Waals surface area contributed by atoms with Crippen LogP contribution >= 0.6 is 0 Å². The second-order valence-corrected chi connectivity index (χ2v) is 21.6. The van der Waals surface area contributed by atoms with Crippen molar-refractivity contribution in [3.63, 3.8) is 0 Å². The number of rotatable bonds is 6. The maximum Gasteiger partial charge on any atom is 0.159 e. The van der Waals surface area contributed by atoms with Crippen LogP contribution in [0, 0.1) is 13.8 Å². The van der Waals surface area contributed by atoms with E-state index in [9.17, 15) is 0 Å². The third kappa shape index (κ3) is 6.14. The summed E-state index contributed by atoms with van der Waals surface area (Å²) in [4.78, 5) is 10.2. The second-order valence-electron chi connectivity index (χ2n) is 21.6. The lowest BCUT2D eigenvalue weighted by Crippen LogP contribution is -2.29. The lowest BCUT2D eigenvalue weighted by molar-refractivity contribution is 0.668. The predicted octanol–water partition coefficient (Wildman–Crippen LogP) is 19.6. The molecule has 370 valence electrons. The van der Waals surface area contributed by atoms with Crippen LogP contribution in [0.2, 0.25) is 0 Å². The average Bonchev–Trinajstić information content (AvgIpc) is 4.20. The summed E-state index contributed by atoms with van der Waals surface area (Å²) in [5, 5.41) is 4.48. The molecule has 0 N–H and O–H groups in total. The molecule has 4 aliphatic rings. The van der Waals surface area contributed by atoms with Crippen LogP contribution in [0.4, 0.5) is 68.2 Å². The summed E-state index contributed by atoms with van der Waals surface area (Å²) >= 11 is 0. The van der Waals surface area contributed by atoms with Gasteiger partial charge in [0.25, 0.3) is 0 Å². The molecule has 0 atom stereocenters. The molecule has 0 bridgehead atoms. The van der Waals surface area contributed by atoms with Crippen LogP contribution < -0.4 is 19.6 Å². The van der Waals surface area contributed by atoms with Gasteiger partial charge in [0.15, 0.2) is 11.2 Å². The maximum absolute atomic E-state index is 6.83. The fraction of sp³-hybridized carbons (Fsp3) is 0.0833. The molecule has 78 heavy (non-hydrogen) atoms. The van der Waals surface area contributed by atoms with Gasteiger partial charge in [0.1, 0.15) is 11.2 Å². The third-order valence-corrected chi connectivity index (χ3v) is 17.3. The van der Waals surface area contributed by atoms with Crippen molar-refractivity contribution in [2.24, 2.45) is 0 Å². The normalized spacial score (nSPS) is 13.5. The van der Waals surface area contributed by atoms with Crippen LogP contribution in [0.5, 0.6) is 0 Å². The molecule has 13 aromatic rings. The average molecular weight is 1000 g/mol. The molecule has 6 heterocycles. The van der Waals surface area contributed by atoms with Gasteiger partial charge in [-0.25, -0.2) is 0 Å². The molecule has 0 saturated heterocycles. The van der Waals surface area contributed by atoms with Crippen LogP contribution in [0.25, 0.3) is 43.9 Å². The van der Waals surface area contributed by atoms with Crippen molar-refractivity contribution in [2.45, 2.75) is 39.5 Å². The Morgan fingerprint density at radius 1 is 0.308 bits per heavy atom. The molecule has 0 radical (unpaired) electrons. The Hall–Kier alpha value is -9.78. The van der Waals surface area contributed by atoms with Crippen molar-refractivity contribution in [3.05, 3.63) is 274 Å². The first-order valence-electron chi connectivity index (χ1n) is 27.3. The molecule has 4 aliphatic heterocycles. The Balaban J connectivity index is 0.853. The Morgan fingerprint density at radius 2 is 0.705 bits per heavy atom. The summed E-state index contributed by atoms with van der Waals surface area (Å²) in [6, 6.07) is 80.3. The zero-order chi connectivity index (χ0) is 51.3. The van der Waals surface area contributed by atoms with Crippen LogP contribution in [0.3, 0.4) is 0 Å². The Kier molecular flexibility index (Phi) is 9.12. The summed E-state index contributed by atoms with van der Waals surface area (Å²) in [5.74, 6) is 0. The topological polar surface area (TPSA) is 39.2 Å². The first kappa shape index (κ1) is 43.5. The molecule has 2 aromatic heterocycles. The van der Waals surface area contributed by atoms with Gasteiger partial charge in [-0.05, 0) is 131 Å². The van der Waals surface area contributed by atoms with E-state index >= 15 is 0 Å². The molecule has 0 amide bonds. The number of hydrogen-bond acceptors (Lipinski definition) is 6. The van der Waals surface area contributed by atoms with E-state index in [-0.39, 0.29) is 0 Å². The Labute approximate surface area is 451 Å².